The largest absolute Gasteiger partial charge is 0.393 e. The first-order valence-electron chi connectivity index (χ1n) is 7.20. The molecular formula is C15H26O. The van der Waals surface area contributed by atoms with Crippen LogP contribution in [0.4, 0.5) is 0 Å². The number of fused-ring (bicyclic) bond motifs is 1. The van der Waals surface area contributed by atoms with Crippen LogP contribution in [0.5, 0.6) is 0 Å². The molecule has 0 aromatic rings. The lowest BCUT2D eigenvalue weighted by Crippen LogP contribution is -2.47. The van der Waals surface area contributed by atoms with Crippen LogP contribution >= 0.6 is 0 Å². The Kier molecular flexibility index (Phi) is 2.41. The van der Waals surface area contributed by atoms with E-state index in [0.29, 0.717) is 5.41 Å². The first-order chi connectivity index (χ1) is 7.51. The van der Waals surface area contributed by atoms with Crippen LogP contribution in [-0.4, -0.2) is 11.2 Å². The molecular weight excluding hydrogens is 196 g/mol. The summed E-state index contributed by atoms with van der Waals surface area (Å²) in [4.78, 5) is 0. The summed E-state index contributed by atoms with van der Waals surface area (Å²) < 4.78 is 0. The van der Waals surface area contributed by atoms with Gasteiger partial charge in [-0.25, -0.2) is 0 Å². The van der Waals surface area contributed by atoms with Gasteiger partial charge in [-0.15, -0.1) is 0 Å². The van der Waals surface area contributed by atoms with E-state index in [4.69, 9.17) is 0 Å². The predicted molar refractivity (Wildman–Crippen MR) is 66.0 cm³/mol. The summed E-state index contributed by atoms with van der Waals surface area (Å²) in [5.41, 5.74) is 0.625. The molecule has 4 aliphatic rings. The second kappa shape index (κ2) is 3.48. The van der Waals surface area contributed by atoms with Gasteiger partial charge in [0.15, 0.2) is 0 Å². The van der Waals surface area contributed by atoms with Gasteiger partial charge in [-0.1, -0.05) is 20.8 Å². The van der Waals surface area contributed by atoms with Gasteiger partial charge < -0.3 is 5.11 Å². The van der Waals surface area contributed by atoms with Crippen LogP contribution in [-0.2, 0) is 0 Å². The molecule has 4 unspecified atom stereocenters. The zero-order valence-electron chi connectivity index (χ0n) is 10.9. The fraction of sp³-hybridized carbons (Fsp3) is 1.00. The fourth-order valence-electron chi connectivity index (χ4n) is 5.65. The summed E-state index contributed by atoms with van der Waals surface area (Å²) in [5.74, 6) is 4.88. The molecule has 1 N–H and O–H groups in total. The summed E-state index contributed by atoms with van der Waals surface area (Å²) in [6.45, 7) is 7.44. The molecule has 0 spiro atoms. The van der Waals surface area contributed by atoms with Crippen molar-refractivity contribution in [3.8, 4) is 0 Å². The Balaban J connectivity index is 1.69. The number of hydrogen-bond donors (Lipinski definition) is 1. The summed E-state index contributed by atoms with van der Waals surface area (Å²) in [7, 11) is 0. The van der Waals surface area contributed by atoms with Crippen LogP contribution in [0.15, 0.2) is 0 Å². The SMILES string of the molecule is CC1C2CC(C3CCC(O)CC3)C1C2(C)C. The highest BCUT2D eigenvalue weighted by Gasteiger charge is 2.64. The van der Waals surface area contributed by atoms with Crippen molar-refractivity contribution in [3.63, 3.8) is 0 Å². The van der Waals surface area contributed by atoms with Crippen molar-refractivity contribution in [2.45, 2.75) is 59.0 Å². The number of hydrogen-bond acceptors (Lipinski definition) is 1. The molecule has 0 aromatic carbocycles. The van der Waals surface area contributed by atoms with E-state index in [1.54, 1.807) is 0 Å². The Morgan fingerprint density at radius 3 is 2.12 bits per heavy atom. The lowest BCUT2D eigenvalue weighted by Gasteiger charge is -2.52. The average Bonchev–Trinajstić information content (AvgIpc) is 2.73. The van der Waals surface area contributed by atoms with Crippen molar-refractivity contribution >= 4 is 0 Å². The zero-order valence-corrected chi connectivity index (χ0v) is 10.9. The minimum absolute atomic E-state index is 0.0121. The third-order valence-corrected chi connectivity index (χ3v) is 6.35. The van der Waals surface area contributed by atoms with Crippen LogP contribution in [0.1, 0.15) is 52.9 Å². The summed E-state index contributed by atoms with van der Waals surface area (Å²) in [5, 5.41) is 9.60. The highest BCUT2D eigenvalue weighted by molar-refractivity contribution is 5.12. The molecule has 0 heterocycles. The maximum absolute atomic E-state index is 9.60. The molecule has 4 aliphatic carbocycles. The fourth-order valence-corrected chi connectivity index (χ4v) is 5.65. The van der Waals surface area contributed by atoms with E-state index in [1.807, 2.05) is 0 Å². The predicted octanol–water partition coefficient (Wildman–Crippen LogP) is 3.47. The molecule has 16 heavy (non-hydrogen) atoms. The minimum Gasteiger partial charge on any atom is -0.393 e. The smallest absolute Gasteiger partial charge is 0.0540 e. The Morgan fingerprint density at radius 1 is 1.06 bits per heavy atom. The van der Waals surface area contributed by atoms with Gasteiger partial charge in [-0.05, 0) is 67.1 Å². The summed E-state index contributed by atoms with van der Waals surface area (Å²) in [6, 6.07) is 0. The summed E-state index contributed by atoms with van der Waals surface area (Å²) in [6.07, 6.45) is 6.20. The standard InChI is InChI=1S/C15H26O/c1-9-13-8-12(14(9)15(13,2)3)10-4-6-11(16)7-5-10/h9-14,16H,4-8H2,1-3H3. The molecule has 0 aliphatic heterocycles. The van der Waals surface area contributed by atoms with Crippen molar-refractivity contribution in [3.05, 3.63) is 0 Å². The molecule has 4 saturated carbocycles. The van der Waals surface area contributed by atoms with Crippen molar-refractivity contribution in [2.75, 3.05) is 0 Å². The maximum atomic E-state index is 9.60. The van der Waals surface area contributed by atoms with Gasteiger partial charge >= 0.3 is 0 Å². The molecule has 0 aromatic heterocycles. The van der Waals surface area contributed by atoms with Gasteiger partial charge in [0.05, 0.1) is 6.10 Å². The topological polar surface area (TPSA) is 20.2 Å². The van der Waals surface area contributed by atoms with Crippen molar-refractivity contribution in [1.82, 2.24) is 0 Å². The highest BCUT2D eigenvalue weighted by Crippen LogP contribution is 2.70. The Hall–Kier alpha value is -0.0400. The quantitative estimate of drug-likeness (QED) is 0.720. The molecule has 0 saturated heterocycles. The van der Waals surface area contributed by atoms with E-state index in [0.717, 1.165) is 42.4 Å². The van der Waals surface area contributed by atoms with Crippen molar-refractivity contribution in [1.29, 1.82) is 0 Å². The molecule has 1 nitrogen and oxygen atoms in total. The van der Waals surface area contributed by atoms with Gasteiger partial charge in [0.1, 0.15) is 0 Å². The van der Waals surface area contributed by atoms with E-state index in [2.05, 4.69) is 20.8 Å². The van der Waals surface area contributed by atoms with Crippen LogP contribution in [0, 0.1) is 35.0 Å². The van der Waals surface area contributed by atoms with Gasteiger partial charge in [-0.2, -0.15) is 0 Å². The van der Waals surface area contributed by atoms with Crippen molar-refractivity contribution in [2.24, 2.45) is 35.0 Å². The molecule has 92 valence electrons. The number of aliphatic hydroxyl groups is 1. The first kappa shape index (κ1) is 11.1. The number of aliphatic hydroxyl groups excluding tert-OH is 1. The zero-order chi connectivity index (χ0) is 11.5. The normalized spacial score (nSPS) is 54.8. The van der Waals surface area contributed by atoms with Crippen molar-refractivity contribution < 1.29 is 5.11 Å². The minimum atomic E-state index is 0.0121. The van der Waals surface area contributed by atoms with E-state index in [-0.39, 0.29) is 6.10 Å². The molecule has 0 radical (unpaired) electrons. The highest BCUT2D eigenvalue weighted by atomic mass is 16.3. The molecule has 0 amide bonds. The van der Waals surface area contributed by atoms with E-state index < -0.39 is 0 Å². The van der Waals surface area contributed by atoms with Gasteiger partial charge in [-0.3, -0.25) is 0 Å². The lowest BCUT2D eigenvalue weighted by atomic mass is 9.53. The molecule has 1 heteroatoms. The Morgan fingerprint density at radius 2 is 1.69 bits per heavy atom. The van der Waals surface area contributed by atoms with Crippen LogP contribution < -0.4 is 0 Å². The monoisotopic (exact) mass is 222 g/mol. The van der Waals surface area contributed by atoms with Gasteiger partial charge in [0.2, 0.25) is 0 Å². The maximum Gasteiger partial charge on any atom is 0.0540 e. The van der Waals surface area contributed by atoms with E-state index in [9.17, 15) is 5.11 Å². The van der Waals surface area contributed by atoms with Gasteiger partial charge in [0.25, 0.3) is 0 Å². The summed E-state index contributed by atoms with van der Waals surface area (Å²) >= 11 is 0. The third kappa shape index (κ3) is 1.33. The Bertz CT molecular complexity index is 275. The molecule has 4 fully saturated rings. The molecule has 4 rings (SSSR count). The van der Waals surface area contributed by atoms with Gasteiger partial charge in [0, 0.05) is 0 Å². The number of rotatable bonds is 1. The first-order valence-corrected chi connectivity index (χ1v) is 7.20. The van der Waals surface area contributed by atoms with Crippen LogP contribution in [0.3, 0.4) is 0 Å². The van der Waals surface area contributed by atoms with E-state index in [1.165, 1.54) is 19.3 Å². The van der Waals surface area contributed by atoms with Crippen LogP contribution in [0.2, 0.25) is 0 Å². The third-order valence-electron chi connectivity index (χ3n) is 6.35. The lowest BCUT2D eigenvalue weighted by molar-refractivity contribution is -0.0448. The molecule has 2 bridgehead atoms. The average molecular weight is 222 g/mol. The Labute approximate surface area is 99.6 Å². The second-order valence-corrected chi connectivity index (χ2v) is 7.28. The van der Waals surface area contributed by atoms with E-state index >= 15 is 0 Å². The second-order valence-electron chi connectivity index (χ2n) is 7.28. The molecule has 4 atom stereocenters. The van der Waals surface area contributed by atoms with Crippen LogP contribution in [0.25, 0.3) is 0 Å².